The first kappa shape index (κ1) is 15.6. The first-order valence-corrected chi connectivity index (χ1v) is 7.68. The summed E-state index contributed by atoms with van der Waals surface area (Å²) in [5.41, 5.74) is 2.65. The number of esters is 1. The molecule has 1 N–H and O–H groups in total. The molecule has 21 heavy (non-hydrogen) atoms. The molecule has 0 radical (unpaired) electrons. The topological polar surface area (TPSA) is 38.3 Å². The highest BCUT2D eigenvalue weighted by Crippen LogP contribution is 2.22. The molecule has 1 atom stereocenters. The Morgan fingerprint density at radius 2 is 2.00 bits per heavy atom. The number of hydrogen-bond donors (Lipinski definition) is 1. The lowest BCUT2D eigenvalue weighted by Crippen LogP contribution is -2.09. The molecule has 0 aromatic heterocycles. The Kier molecular flexibility index (Phi) is 5.39. The fraction of sp³-hybridized carbons (Fsp3) is 0.235. The van der Waals surface area contributed by atoms with E-state index < -0.39 is 0 Å². The van der Waals surface area contributed by atoms with Crippen molar-refractivity contribution in [3.8, 4) is 0 Å². The molecular formula is C17H18BrNO2. The zero-order valence-corrected chi connectivity index (χ0v) is 13.7. The zero-order chi connectivity index (χ0) is 15.2. The number of carbonyl (C=O) groups is 1. The molecule has 0 aliphatic rings. The van der Waals surface area contributed by atoms with Gasteiger partial charge in [-0.1, -0.05) is 34.1 Å². The maximum Gasteiger partial charge on any atom is 0.338 e. The van der Waals surface area contributed by atoms with Crippen molar-refractivity contribution in [3.63, 3.8) is 0 Å². The van der Waals surface area contributed by atoms with Gasteiger partial charge in [-0.3, -0.25) is 0 Å². The largest absolute Gasteiger partial charge is 0.462 e. The Morgan fingerprint density at radius 3 is 2.71 bits per heavy atom. The van der Waals surface area contributed by atoms with E-state index >= 15 is 0 Å². The average molecular weight is 348 g/mol. The van der Waals surface area contributed by atoms with E-state index in [0.29, 0.717) is 12.2 Å². The Balaban J connectivity index is 2.14. The van der Waals surface area contributed by atoms with Crippen molar-refractivity contribution in [2.75, 3.05) is 11.9 Å². The molecule has 0 amide bonds. The minimum absolute atomic E-state index is 0.0914. The lowest BCUT2D eigenvalue weighted by molar-refractivity contribution is 0.0526. The third-order valence-electron chi connectivity index (χ3n) is 3.11. The van der Waals surface area contributed by atoms with Gasteiger partial charge in [0.15, 0.2) is 0 Å². The lowest BCUT2D eigenvalue weighted by atomic mass is 10.0. The molecule has 1 unspecified atom stereocenters. The van der Waals surface area contributed by atoms with Crippen LogP contribution in [0.25, 0.3) is 0 Å². The molecule has 2 rings (SSSR count). The first-order chi connectivity index (χ1) is 10.1. The van der Waals surface area contributed by atoms with Crippen LogP contribution in [0.4, 0.5) is 5.69 Å². The maximum absolute atomic E-state index is 11.8. The molecule has 110 valence electrons. The molecule has 0 fully saturated rings. The van der Waals surface area contributed by atoms with Crippen LogP contribution in [0.5, 0.6) is 0 Å². The number of ether oxygens (including phenoxy) is 1. The standard InChI is InChI=1S/C17H18BrNO2/c1-3-21-17(20)14-7-4-6-13(10-14)12(2)19-16-9-5-8-15(18)11-16/h4-12,19H,3H2,1-2H3. The molecule has 2 aromatic rings. The third kappa shape index (κ3) is 4.33. The number of benzene rings is 2. The quantitative estimate of drug-likeness (QED) is 0.789. The van der Waals surface area contributed by atoms with Crippen LogP contribution in [0.3, 0.4) is 0 Å². The van der Waals surface area contributed by atoms with Crippen molar-refractivity contribution >= 4 is 27.6 Å². The predicted octanol–water partition coefficient (Wildman–Crippen LogP) is 4.80. The summed E-state index contributed by atoms with van der Waals surface area (Å²) in [6.45, 7) is 4.25. The van der Waals surface area contributed by atoms with E-state index in [1.165, 1.54) is 0 Å². The smallest absolute Gasteiger partial charge is 0.338 e. The SMILES string of the molecule is CCOC(=O)c1cccc(C(C)Nc2cccc(Br)c2)c1. The van der Waals surface area contributed by atoms with Gasteiger partial charge < -0.3 is 10.1 Å². The van der Waals surface area contributed by atoms with E-state index in [2.05, 4.69) is 28.2 Å². The van der Waals surface area contributed by atoms with E-state index in [1.807, 2.05) is 42.5 Å². The summed E-state index contributed by atoms with van der Waals surface area (Å²) < 4.78 is 6.06. The molecule has 2 aromatic carbocycles. The molecule has 0 saturated carbocycles. The van der Waals surface area contributed by atoms with E-state index in [4.69, 9.17) is 4.74 Å². The van der Waals surface area contributed by atoms with Gasteiger partial charge in [0.05, 0.1) is 12.2 Å². The van der Waals surface area contributed by atoms with Crippen molar-refractivity contribution in [2.45, 2.75) is 19.9 Å². The molecule has 0 bridgehead atoms. The van der Waals surface area contributed by atoms with Gasteiger partial charge in [-0.15, -0.1) is 0 Å². The number of anilines is 1. The highest BCUT2D eigenvalue weighted by atomic mass is 79.9. The Hall–Kier alpha value is -1.81. The van der Waals surface area contributed by atoms with Gasteiger partial charge in [0.2, 0.25) is 0 Å². The molecule has 0 heterocycles. The second-order valence-corrected chi connectivity index (χ2v) is 5.64. The number of carbonyl (C=O) groups excluding carboxylic acids is 1. The van der Waals surface area contributed by atoms with Crippen LogP contribution in [0.2, 0.25) is 0 Å². The molecule has 0 aliphatic heterocycles. The second kappa shape index (κ2) is 7.27. The van der Waals surface area contributed by atoms with Gasteiger partial charge in [-0.2, -0.15) is 0 Å². The number of nitrogens with one attached hydrogen (secondary N) is 1. The summed E-state index contributed by atoms with van der Waals surface area (Å²) in [6.07, 6.45) is 0. The van der Waals surface area contributed by atoms with Crippen LogP contribution in [-0.2, 0) is 4.74 Å². The number of rotatable bonds is 5. The normalized spacial score (nSPS) is 11.8. The number of halogens is 1. The van der Waals surface area contributed by atoms with Gasteiger partial charge in [-0.25, -0.2) is 4.79 Å². The monoisotopic (exact) mass is 347 g/mol. The Labute approximate surface area is 133 Å². The fourth-order valence-corrected chi connectivity index (χ4v) is 2.46. The van der Waals surface area contributed by atoms with E-state index in [1.54, 1.807) is 13.0 Å². The second-order valence-electron chi connectivity index (χ2n) is 4.72. The van der Waals surface area contributed by atoms with Crippen LogP contribution in [0, 0.1) is 0 Å². The highest BCUT2D eigenvalue weighted by molar-refractivity contribution is 9.10. The summed E-state index contributed by atoms with van der Waals surface area (Å²) >= 11 is 3.46. The van der Waals surface area contributed by atoms with Gasteiger partial charge in [-0.05, 0) is 49.7 Å². The molecular weight excluding hydrogens is 330 g/mol. The average Bonchev–Trinajstić information content (AvgIpc) is 2.47. The minimum atomic E-state index is -0.283. The zero-order valence-electron chi connectivity index (χ0n) is 12.1. The van der Waals surface area contributed by atoms with Crippen LogP contribution in [-0.4, -0.2) is 12.6 Å². The Morgan fingerprint density at radius 1 is 1.24 bits per heavy atom. The molecule has 0 spiro atoms. The maximum atomic E-state index is 11.8. The predicted molar refractivity (Wildman–Crippen MR) is 88.6 cm³/mol. The minimum Gasteiger partial charge on any atom is -0.462 e. The molecule has 0 aliphatic carbocycles. The van der Waals surface area contributed by atoms with Crippen LogP contribution < -0.4 is 5.32 Å². The van der Waals surface area contributed by atoms with E-state index in [9.17, 15) is 4.79 Å². The lowest BCUT2D eigenvalue weighted by Gasteiger charge is -2.16. The van der Waals surface area contributed by atoms with Gasteiger partial charge in [0.1, 0.15) is 0 Å². The summed E-state index contributed by atoms with van der Waals surface area (Å²) in [5, 5.41) is 3.42. The Bertz CT molecular complexity index is 628. The van der Waals surface area contributed by atoms with Crippen molar-refractivity contribution < 1.29 is 9.53 Å². The summed E-state index contributed by atoms with van der Waals surface area (Å²) in [5.74, 6) is -0.283. The summed E-state index contributed by atoms with van der Waals surface area (Å²) in [6, 6.07) is 15.6. The van der Waals surface area contributed by atoms with Crippen LogP contribution in [0.1, 0.15) is 35.8 Å². The van der Waals surface area contributed by atoms with Gasteiger partial charge in [0.25, 0.3) is 0 Å². The van der Waals surface area contributed by atoms with Gasteiger partial charge >= 0.3 is 5.97 Å². The summed E-state index contributed by atoms with van der Waals surface area (Å²) in [7, 11) is 0. The molecule has 4 heteroatoms. The van der Waals surface area contributed by atoms with Crippen molar-refractivity contribution in [1.29, 1.82) is 0 Å². The third-order valence-corrected chi connectivity index (χ3v) is 3.60. The first-order valence-electron chi connectivity index (χ1n) is 6.89. The van der Waals surface area contributed by atoms with Crippen LogP contribution >= 0.6 is 15.9 Å². The molecule has 0 saturated heterocycles. The molecule has 3 nitrogen and oxygen atoms in total. The van der Waals surface area contributed by atoms with Crippen molar-refractivity contribution in [2.24, 2.45) is 0 Å². The highest BCUT2D eigenvalue weighted by Gasteiger charge is 2.10. The number of hydrogen-bond acceptors (Lipinski definition) is 3. The fourth-order valence-electron chi connectivity index (χ4n) is 2.06. The van der Waals surface area contributed by atoms with Crippen molar-refractivity contribution in [3.05, 3.63) is 64.1 Å². The van der Waals surface area contributed by atoms with Crippen molar-refractivity contribution in [1.82, 2.24) is 0 Å². The van der Waals surface area contributed by atoms with E-state index in [0.717, 1.165) is 15.7 Å². The summed E-state index contributed by atoms with van der Waals surface area (Å²) in [4.78, 5) is 11.8. The van der Waals surface area contributed by atoms with Crippen LogP contribution in [0.15, 0.2) is 53.0 Å². The van der Waals surface area contributed by atoms with Gasteiger partial charge in [0, 0.05) is 16.2 Å². The van der Waals surface area contributed by atoms with E-state index in [-0.39, 0.29) is 12.0 Å².